The summed E-state index contributed by atoms with van der Waals surface area (Å²) in [6.07, 6.45) is 0. The van der Waals surface area contributed by atoms with Crippen LogP contribution in [-0.4, -0.2) is 29.7 Å². The number of hydrogen-bond donors (Lipinski definition) is 0. The number of amides is 1. The lowest BCUT2D eigenvalue weighted by molar-refractivity contribution is -0.143. The van der Waals surface area contributed by atoms with Crippen molar-refractivity contribution in [2.24, 2.45) is 4.99 Å². The normalized spacial score (nSPS) is 11.6. The van der Waals surface area contributed by atoms with Crippen LogP contribution in [0.2, 0.25) is 5.02 Å². The first-order valence-electron chi connectivity index (χ1n) is 8.26. The van der Waals surface area contributed by atoms with E-state index >= 15 is 0 Å². The maximum Gasteiger partial charge on any atom is 0.326 e. The third-order valence-electron chi connectivity index (χ3n) is 3.58. The molecule has 1 amide bonds. The van der Waals surface area contributed by atoms with Crippen molar-refractivity contribution in [1.82, 2.24) is 4.57 Å². The molecule has 0 N–H and O–H groups in total. The molecule has 3 rings (SSSR count). The number of carbonyl (C=O) groups excluding carboxylic acids is 2. The quantitative estimate of drug-likeness (QED) is 0.590. The number of fused-ring (bicyclic) bond motifs is 1. The molecule has 0 fully saturated rings. The second-order valence-electron chi connectivity index (χ2n) is 5.49. The molecule has 2 aromatic carbocycles. The standard InChI is InChI=1S/C19H17ClN2O4S/c1-2-25-18(24)11-22-15-5-3-4-6-16(15)27-19(22)21-17(23)12-26-14-9-7-13(20)8-10-14/h3-10H,2,11-12H2,1H3. The molecule has 3 aromatic rings. The fourth-order valence-corrected chi connectivity index (χ4v) is 3.58. The summed E-state index contributed by atoms with van der Waals surface area (Å²) in [5.74, 6) is -0.305. The van der Waals surface area contributed by atoms with Crippen molar-refractivity contribution in [3.05, 3.63) is 58.4 Å². The lowest BCUT2D eigenvalue weighted by Gasteiger charge is -2.05. The second kappa shape index (κ2) is 8.83. The number of carbonyl (C=O) groups is 2. The fraction of sp³-hybridized carbons (Fsp3) is 0.211. The minimum absolute atomic E-state index is 0.0119. The highest BCUT2D eigenvalue weighted by Crippen LogP contribution is 2.17. The molecule has 0 saturated heterocycles. The van der Waals surface area contributed by atoms with Gasteiger partial charge in [0.1, 0.15) is 12.3 Å². The van der Waals surface area contributed by atoms with E-state index in [-0.39, 0.29) is 19.1 Å². The van der Waals surface area contributed by atoms with Crippen LogP contribution in [0.25, 0.3) is 10.2 Å². The van der Waals surface area contributed by atoms with E-state index in [4.69, 9.17) is 21.1 Å². The largest absolute Gasteiger partial charge is 0.484 e. The van der Waals surface area contributed by atoms with Gasteiger partial charge in [-0.05, 0) is 43.3 Å². The minimum atomic E-state index is -0.450. The van der Waals surface area contributed by atoms with E-state index in [1.54, 1.807) is 35.8 Å². The van der Waals surface area contributed by atoms with Gasteiger partial charge in [-0.15, -0.1) is 0 Å². The van der Waals surface area contributed by atoms with Crippen molar-refractivity contribution in [3.63, 3.8) is 0 Å². The number of hydrogen-bond acceptors (Lipinski definition) is 5. The molecule has 0 aliphatic rings. The first-order chi connectivity index (χ1) is 13.1. The van der Waals surface area contributed by atoms with Crippen LogP contribution in [0, 0.1) is 0 Å². The van der Waals surface area contributed by atoms with Gasteiger partial charge in [0.2, 0.25) is 0 Å². The van der Waals surface area contributed by atoms with E-state index < -0.39 is 5.91 Å². The van der Waals surface area contributed by atoms with Crippen LogP contribution in [-0.2, 0) is 20.9 Å². The van der Waals surface area contributed by atoms with Crippen LogP contribution in [0.5, 0.6) is 5.75 Å². The summed E-state index contributed by atoms with van der Waals surface area (Å²) < 4.78 is 13.1. The van der Waals surface area contributed by atoms with Gasteiger partial charge in [-0.1, -0.05) is 35.1 Å². The van der Waals surface area contributed by atoms with Crippen molar-refractivity contribution in [2.75, 3.05) is 13.2 Å². The number of aromatic nitrogens is 1. The lowest BCUT2D eigenvalue weighted by Crippen LogP contribution is -2.24. The van der Waals surface area contributed by atoms with E-state index in [9.17, 15) is 9.59 Å². The molecular formula is C19H17ClN2O4S. The lowest BCUT2D eigenvalue weighted by atomic mass is 10.3. The highest BCUT2D eigenvalue weighted by molar-refractivity contribution is 7.16. The number of rotatable bonds is 6. The molecule has 0 unspecified atom stereocenters. The van der Waals surface area contributed by atoms with Crippen LogP contribution in [0.4, 0.5) is 0 Å². The van der Waals surface area contributed by atoms with Gasteiger partial charge in [0.15, 0.2) is 11.4 Å². The van der Waals surface area contributed by atoms with Crippen LogP contribution < -0.4 is 9.54 Å². The van der Waals surface area contributed by atoms with Gasteiger partial charge < -0.3 is 14.0 Å². The van der Waals surface area contributed by atoms with Crippen molar-refractivity contribution in [2.45, 2.75) is 13.5 Å². The Labute approximate surface area is 164 Å². The Morgan fingerprint density at radius 1 is 1.15 bits per heavy atom. The highest BCUT2D eigenvalue weighted by Gasteiger charge is 2.12. The first kappa shape index (κ1) is 19.1. The Balaban J connectivity index is 1.84. The molecule has 0 spiro atoms. The fourth-order valence-electron chi connectivity index (χ4n) is 2.41. The zero-order chi connectivity index (χ0) is 19.2. The van der Waals surface area contributed by atoms with E-state index in [1.165, 1.54) is 11.3 Å². The zero-order valence-corrected chi connectivity index (χ0v) is 16.1. The monoisotopic (exact) mass is 404 g/mol. The van der Waals surface area contributed by atoms with Crippen molar-refractivity contribution < 1.29 is 19.1 Å². The molecule has 140 valence electrons. The number of halogens is 1. The van der Waals surface area contributed by atoms with Crippen LogP contribution in [0.1, 0.15) is 6.92 Å². The Kier molecular flexibility index (Phi) is 6.26. The Hall–Kier alpha value is -2.64. The van der Waals surface area contributed by atoms with Gasteiger partial charge in [-0.2, -0.15) is 4.99 Å². The predicted octanol–water partition coefficient (Wildman–Crippen LogP) is 3.43. The van der Waals surface area contributed by atoms with Crippen molar-refractivity contribution in [3.8, 4) is 5.75 Å². The maximum atomic E-state index is 12.3. The van der Waals surface area contributed by atoms with Crippen molar-refractivity contribution in [1.29, 1.82) is 0 Å². The predicted molar refractivity (Wildman–Crippen MR) is 104 cm³/mol. The highest BCUT2D eigenvalue weighted by atomic mass is 35.5. The molecule has 1 heterocycles. The summed E-state index contributed by atoms with van der Waals surface area (Å²) in [5, 5.41) is 0.587. The SMILES string of the molecule is CCOC(=O)Cn1c(=NC(=O)COc2ccc(Cl)cc2)sc2ccccc21. The third-order valence-corrected chi connectivity index (χ3v) is 4.89. The molecule has 6 nitrogen and oxygen atoms in total. The number of ether oxygens (including phenoxy) is 2. The van der Waals surface area contributed by atoms with Gasteiger partial charge in [0.25, 0.3) is 5.91 Å². The van der Waals surface area contributed by atoms with E-state index in [2.05, 4.69) is 4.99 Å². The maximum absolute atomic E-state index is 12.3. The average Bonchev–Trinajstić information content (AvgIpc) is 2.98. The summed E-state index contributed by atoms with van der Waals surface area (Å²) in [5.41, 5.74) is 0.820. The molecule has 0 radical (unpaired) electrons. The van der Waals surface area contributed by atoms with Gasteiger partial charge >= 0.3 is 5.97 Å². The molecule has 1 aromatic heterocycles. The van der Waals surface area contributed by atoms with Gasteiger partial charge in [-0.25, -0.2) is 0 Å². The second-order valence-corrected chi connectivity index (χ2v) is 6.94. The van der Waals surface area contributed by atoms with E-state index in [0.717, 1.165) is 10.2 Å². The molecule has 0 aliphatic carbocycles. The zero-order valence-electron chi connectivity index (χ0n) is 14.6. The molecular weight excluding hydrogens is 388 g/mol. The van der Waals surface area contributed by atoms with Crippen LogP contribution in [0.3, 0.4) is 0 Å². The number of esters is 1. The molecule has 0 aliphatic heterocycles. The summed E-state index contributed by atoms with van der Waals surface area (Å²) in [4.78, 5) is 28.7. The Morgan fingerprint density at radius 2 is 1.89 bits per heavy atom. The molecule has 0 saturated carbocycles. The van der Waals surface area contributed by atoms with Gasteiger partial charge in [0.05, 0.1) is 16.8 Å². The number of thiazole rings is 1. The summed E-state index contributed by atoms with van der Waals surface area (Å²) in [6, 6.07) is 14.3. The molecule has 8 heteroatoms. The average molecular weight is 405 g/mol. The van der Waals surface area contributed by atoms with Crippen LogP contribution in [0.15, 0.2) is 53.5 Å². The Morgan fingerprint density at radius 3 is 2.63 bits per heavy atom. The molecule has 0 atom stereocenters. The third kappa shape index (κ3) is 4.96. The van der Waals surface area contributed by atoms with E-state index in [0.29, 0.717) is 22.2 Å². The minimum Gasteiger partial charge on any atom is -0.484 e. The van der Waals surface area contributed by atoms with Gasteiger partial charge in [0, 0.05) is 5.02 Å². The molecule has 0 bridgehead atoms. The van der Waals surface area contributed by atoms with Gasteiger partial charge in [-0.3, -0.25) is 9.59 Å². The van der Waals surface area contributed by atoms with Crippen LogP contribution >= 0.6 is 22.9 Å². The topological polar surface area (TPSA) is 69.9 Å². The number of para-hydroxylation sites is 1. The molecule has 27 heavy (non-hydrogen) atoms. The van der Waals surface area contributed by atoms with E-state index in [1.807, 2.05) is 24.3 Å². The summed E-state index contributed by atoms with van der Waals surface area (Å²) >= 11 is 7.15. The number of nitrogens with zero attached hydrogens (tertiary/aromatic N) is 2. The summed E-state index contributed by atoms with van der Waals surface area (Å²) in [7, 11) is 0. The smallest absolute Gasteiger partial charge is 0.326 e. The summed E-state index contributed by atoms with van der Waals surface area (Å²) in [6.45, 7) is 1.82. The number of benzene rings is 2. The Bertz CT molecular complexity index is 1020. The first-order valence-corrected chi connectivity index (χ1v) is 9.46. The van der Waals surface area contributed by atoms with Crippen molar-refractivity contribution >= 4 is 45.0 Å².